The Balaban J connectivity index is 2.41. The summed E-state index contributed by atoms with van der Waals surface area (Å²) in [6.45, 7) is 0.811. The van der Waals surface area contributed by atoms with Crippen LogP contribution in [-0.4, -0.2) is 24.0 Å². The molecule has 0 saturated heterocycles. The molecule has 3 heteroatoms. The molecule has 0 unspecified atom stereocenters. The molecule has 1 aromatic heterocycles. The Morgan fingerprint density at radius 3 is 2.53 bits per heavy atom. The number of aromatic amines is 1. The SMILES string of the molecule is CN(C)Cc1cccc2c(=O)c3ccccc3[nH]c12. The second-order valence-electron chi connectivity index (χ2n) is 5.08. The van der Waals surface area contributed by atoms with Gasteiger partial charge in [0.2, 0.25) is 0 Å². The largest absolute Gasteiger partial charge is 0.354 e. The van der Waals surface area contributed by atoms with Crippen molar-refractivity contribution in [3.8, 4) is 0 Å². The molecule has 0 saturated carbocycles. The van der Waals surface area contributed by atoms with Gasteiger partial charge in [0.25, 0.3) is 0 Å². The summed E-state index contributed by atoms with van der Waals surface area (Å²) in [5, 5.41) is 1.51. The number of nitrogens with one attached hydrogen (secondary N) is 1. The smallest absolute Gasteiger partial charge is 0.197 e. The lowest BCUT2D eigenvalue weighted by atomic mass is 10.1. The van der Waals surface area contributed by atoms with Crippen molar-refractivity contribution in [1.82, 2.24) is 9.88 Å². The maximum Gasteiger partial charge on any atom is 0.197 e. The number of fused-ring (bicyclic) bond motifs is 2. The van der Waals surface area contributed by atoms with Gasteiger partial charge in [-0.1, -0.05) is 24.3 Å². The Morgan fingerprint density at radius 2 is 1.74 bits per heavy atom. The summed E-state index contributed by atoms with van der Waals surface area (Å²) in [5.74, 6) is 0. The molecule has 0 aliphatic heterocycles. The zero-order chi connectivity index (χ0) is 13.4. The van der Waals surface area contributed by atoms with Gasteiger partial charge in [-0.3, -0.25) is 4.79 Å². The van der Waals surface area contributed by atoms with Gasteiger partial charge >= 0.3 is 0 Å². The van der Waals surface area contributed by atoms with Crippen molar-refractivity contribution < 1.29 is 0 Å². The summed E-state index contributed by atoms with van der Waals surface area (Å²) in [7, 11) is 4.05. The fourth-order valence-corrected chi connectivity index (χ4v) is 2.48. The molecule has 0 amide bonds. The number of pyridine rings is 1. The quantitative estimate of drug-likeness (QED) is 0.712. The predicted molar refractivity (Wildman–Crippen MR) is 79.5 cm³/mol. The van der Waals surface area contributed by atoms with Crippen LogP contribution >= 0.6 is 0 Å². The van der Waals surface area contributed by atoms with Crippen LogP contribution in [0.5, 0.6) is 0 Å². The number of hydrogen-bond acceptors (Lipinski definition) is 2. The van der Waals surface area contributed by atoms with Gasteiger partial charge in [-0.15, -0.1) is 0 Å². The fourth-order valence-electron chi connectivity index (χ4n) is 2.48. The number of H-pyrrole nitrogens is 1. The second kappa shape index (κ2) is 4.52. The van der Waals surface area contributed by atoms with Crippen molar-refractivity contribution in [2.45, 2.75) is 6.54 Å². The zero-order valence-electron chi connectivity index (χ0n) is 11.1. The summed E-state index contributed by atoms with van der Waals surface area (Å²) in [5.41, 5.74) is 3.08. The third kappa shape index (κ3) is 2.02. The first-order valence-electron chi connectivity index (χ1n) is 6.34. The molecule has 2 aromatic carbocycles. The Hall–Kier alpha value is -2.13. The summed E-state index contributed by atoms with van der Waals surface area (Å²) < 4.78 is 0. The number of aromatic nitrogens is 1. The Bertz CT molecular complexity index is 803. The van der Waals surface area contributed by atoms with Gasteiger partial charge in [0, 0.05) is 22.8 Å². The van der Waals surface area contributed by atoms with E-state index in [1.54, 1.807) is 0 Å². The van der Waals surface area contributed by atoms with Crippen LogP contribution in [-0.2, 0) is 6.54 Å². The molecule has 19 heavy (non-hydrogen) atoms. The highest BCUT2D eigenvalue weighted by atomic mass is 16.1. The normalized spacial score (nSPS) is 11.5. The van der Waals surface area contributed by atoms with Gasteiger partial charge < -0.3 is 9.88 Å². The van der Waals surface area contributed by atoms with E-state index in [0.29, 0.717) is 0 Å². The van der Waals surface area contributed by atoms with Crippen molar-refractivity contribution in [3.63, 3.8) is 0 Å². The Kier molecular flexibility index (Phi) is 2.84. The monoisotopic (exact) mass is 252 g/mol. The maximum absolute atomic E-state index is 12.5. The van der Waals surface area contributed by atoms with E-state index in [9.17, 15) is 4.79 Å². The molecule has 0 atom stereocenters. The molecular formula is C16H16N2O. The van der Waals surface area contributed by atoms with Gasteiger partial charge in [-0.2, -0.15) is 0 Å². The van der Waals surface area contributed by atoms with Crippen LogP contribution in [0, 0.1) is 0 Å². The average Bonchev–Trinajstić information content (AvgIpc) is 2.40. The van der Waals surface area contributed by atoms with Gasteiger partial charge in [-0.05, 0) is 37.9 Å². The topological polar surface area (TPSA) is 36.1 Å². The minimum absolute atomic E-state index is 0.102. The first-order chi connectivity index (χ1) is 9.16. The minimum atomic E-state index is 0.102. The summed E-state index contributed by atoms with van der Waals surface area (Å²) in [6.07, 6.45) is 0. The molecule has 0 aliphatic rings. The Labute approximate surface area is 111 Å². The molecule has 3 nitrogen and oxygen atoms in total. The van der Waals surface area contributed by atoms with Gasteiger partial charge in [0.15, 0.2) is 5.43 Å². The van der Waals surface area contributed by atoms with Gasteiger partial charge in [-0.25, -0.2) is 0 Å². The Morgan fingerprint density at radius 1 is 1.00 bits per heavy atom. The molecule has 3 aromatic rings. The summed E-state index contributed by atoms with van der Waals surface area (Å²) >= 11 is 0. The molecule has 0 aliphatic carbocycles. The fraction of sp³-hybridized carbons (Fsp3) is 0.188. The van der Waals surface area contributed by atoms with Crippen LogP contribution < -0.4 is 5.43 Å². The first kappa shape index (κ1) is 11.9. The molecule has 0 radical (unpaired) electrons. The lowest BCUT2D eigenvalue weighted by Crippen LogP contribution is -2.13. The van der Waals surface area contributed by atoms with E-state index in [-0.39, 0.29) is 5.43 Å². The molecule has 1 heterocycles. The van der Waals surface area contributed by atoms with E-state index in [2.05, 4.69) is 16.0 Å². The van der Waals surface area contributed by atoms with E-state index in [1.807, 2.05) is 50.5 Å². The zero-order valence-corrected chi connectivity index (χ0v) is 11.1. The third-order valence-electron chi connectivity index (χ3n) is 3.31. The van der Waals surface area contributed by atoms with Crippen LogP contribution in [0.2, 0.25) is 0 Å². The van der Waals surface area contributed by atoms with E-state index < -0.39 is 0 Å². The highest BCUT2D eigenvalue weighted by Gasteiger charge is 2.08. The van der Waals surface area contributed by atoms with Crippen molar-refractivity contribution in [2.24, 2.45) is 0 Å². The van der Waals surface area contributed by atoms with E-state index in [0.717, 1.165) is 33.9 Å². The lowest BCUT2D eigenvalue weighted by Gasteiger charge is -2.12. The number of hydrogen-bond donors (Lipinski definition) is 1. The van der Waals surface area contributed by atoms with Crippen molar-refractivity contribution in [3.05, 3.63) is 58.3 Å². The predicted octanol–water partition coefficient (Wildman–Crippen LogP) is 2.74. The molecule has 96 valence electrons. The van der Waals surface area contributed by atoms with Crippen molar-refractivity contribution in [1.29, 1.82) is 0 Å². The average molecular weight is 252 g/mol. The molecule has 1 N–H and O–H groups in total. The maximum atomic E-state index is 12.5. The molecule has 0 spiro atoms. The van der Waals surface area contributed by atoms with Crippen molar-refractivity contribution in [2.75, 3.05) is 14.1 Å². The number of rotatable bonds is 2. The van der Waals surface area contributed by atoms with Gasteiger partial charge in [0.05, 0.1) is 5.52 Å². The first-order valence-corrected chi connectivity index (χ1v) is 6.34. The molecule has 3 rings (SSSR count). The third-order valence-corrected chi connectivity index (χ3v) is 3.31. The van der Waals surface area contributed by atoms with Crippen LogP contribution in [0.1, 0.15) is 5.56 Å². The van der Waals surface area contributed by atoms with Crippen LogP contribution in [0.4, 0.5) is 0 Å². The standard InChI is InChI=1S/C16H16N2O/c1-18(2)10-11-6-5-8-13-15(11)17-14-9-4-3-7-12(14)16(13)19/h3-9H,10H2,1-2H3,(H,17,19). The van der Waals surface area contributed by atoms with Crippen LogP contribution in [0.25, 0.3) is 21.8 Å². The summed E-state index contributed by atoms with van der Waals surface area (Å²) in [4.78, 5) is 18.0. The number of nitrogens with zero attached hydrogens (tertiary/aromatic N) is 1. The highest BCUT2D eigenvalue weighted by Crippen LogP contribution is 2.18. The second-order valence-corrected chi connectivity index (χ2v) is 5.08. The van der Waals surface area contributed by atoms with Crippen LogP contribution in [0.15, 0.2) is 47.3 Å². The highest BCUT2D eigenvalue weighted by molar-refractivity contribution is 5.93. The number of para-hydroxylation sites is 2. The van der Waals surface area contributed by atoms with Crippen LogP contribution in [0.3, 0.4) is 0 Å². The molecule has 0 fully saturated rings. The minimum Gasteiger partial charge on any atom is -0.354 e. The summed E-state index contributed by atoms with van der Waals surface area (Å²) in [6, 6.07) is 13.6. The lowest BCUT2D eigenvalue weighted by molar-refractivity contribution is 0.404. The van der Waals surface area contributed by atoms with E-state index in [4.69, 9.17) is 0 Å². The molecular weight excluding hydrogens is 236 g/mol. The van der Waals surface area contributed by atoms with E-state index >= 15 is 0 Å². The van der Waals surface area contributed by atoms with E-state index in [1.165, 1.54) is 0 Å². The van der Waals surface area contributed by atoms with Gasteiger partial charge in [0.1, 0.15) is 0 Å². The number of benzene rings is 2. The van der Waals surface area contributed by atoms with Crippen molar-refractivity contribution >= 4 is 21.8 Å². The molecule has 0 bridgehead atoms.